The van der Waals surface area contributed by atoms with Gasteiger partial charge in [0.2, 0.25) is 5.91 Å². The highest BCUT2D eigenvalue weighted by Crippen LogP contribution is 2.27. The highest BCUT2D eigenvalue weighted by atomic mass is 32.2. The first-order valence-electron chi connectivity index (χ1n) is 7.28. The number of hydrogen-bond acceptors (Lipinski definition) is 6. The van der Waals surface area contributed by atoms with Crippen LogP contribution in [0.1, 0.15) is 5.56 Å². The third-order valence-electron chi connectivity index (χ3n) is 3.46. The fraction of sp³-hybridized carbons (Fsp3) is 0.250. The monoisotopic (exact) mass is 343 g/mol. The molecule has 0 unspecified atom stereocenters. The van der Waals surface area contributed by atoms with Crippen LogP contribution in [-0.2, 0) is 11.8 Å². The van der Waals surface area contributed by atoms with Gasteiger partial charge in [0, 0.05) is 7.05 Å². The molecule has 1 N–H and O–H groups in total. The zero-order valence-corrected chi connectivity index (χ0v) is 14.4. The summed E-state index contributed by atoms with van der Waals surface area (Å²) in [6.07, 6.45) is 3.19. The maximum atomic E-state index is 12.3. The van der Waals surface area contributed by atoms with Crippen molar-refractivity contribution in [3.63, 3.8) is 0 Å². The summed E-state index contributed by atoms with van der Waals surface area (Å²) >= 11 is 1.35. The molecule has 0 bridgehead atoms. The van der Waals surface area contributed by atoms with E-state index < -0.39 is 0 Å². The zero-order chi connectivity index (χ0) is 17.1. The summed E-state index contributed by atoms with van der Waals surface area (Å²) in [5, 5.41) is 8.62. The summed E-state index contributed by atoms with van der Waals surface area (Å²) in [5.74, 6) is 0.744. The number of carbonyl (C=O) groups is 1. The van der Waals surface area contributed by atoms with Gasteiger partial charge in [-0.15, -0.1) is 0 Å². The number of rotatable bonds is 5. The number of nitrogens with zero attached hydrogens (tertiary/aromatic N) is 4. The van der Waals surface area contributed by atoms with E-state index in [9.17, 15) is 4.79 Å². The maximum absolute atomic E-state index is 12.3. The topological polar surface area (TPSA) is 81.9 Å². The van der Waals surface area contributed by atoms with Crippen molar-refractivity contribution >= 4 is 34.4 Å². The van der Waals surface area contributed by atoms with Crippen LogP contribution in [-0.4, -0.2) is 38.5 Å². The molecule has 0 aliphatic carbocycles. The molecule has 2 aromatic heterocycles. The van der Waals surface area contributed by atoms with Crippen molar-refractivity contribution in [2.75, 3.05) is 18.2 Å². The van der Waals surface area contributed by atoms with E-state index in [1.165, 1.54) is 18.1 Å². The number of methoxy groups -OCH3 is 1. The largest absolute Gasteiger partial charge is 0.495 e. The lowest BCUT2D eigenvalue weighted by Crippen LogP contribution is -2.15. The average molecular weight is 343 g/mol. The van der Waals surface area contributed by atoms with Gasteiger partial charge in [0.05, 0.1) is 30.1 Å². The molecular formula is C16H17N5O2S. The van der Waals surface area contributed by atoms with E-state index >= 15 is 0 Å². The molecule has 3 rings (SSSR count). The SMILES string of the molecule is COc1ccc(C)cc1NC(=O)CSc1ncnc2c1cnn2C. The van der Waals surface area contributed by atoms with E-state index in [2.05, 4.69) is 20.4 Å². The molecule has 0 saturated heterocycles. The van der Waals surface area contributed by atoms with Gasteiger partial charge in [-0.05, 0) is 24.6 Å². The number of fused-ring (bicyclic) bond motifs is 1. The van der Waals surface area contributed by atoms with Crippen LogP contribution >= 0.6 is 11.8 Å². The number of thioether (sulfide) groups is 1. The van der Waals surface area contributed by atoms with Crippen molar-refractivity contribution in [1.82, 2.24) is 19.7 Å². The predicted octanol–water partition coefficient (Wildman–Crippen LogP) is 2.41. The molecule has 0 radical (unpaired) electrons. The van der Waals surface area contributed by atoms with E-state index in [0.717, 1.165) is 21.6 Å². The standard InChI is InChI=1S/C16H17N5O2S/c1-10-4-5-13(23-3)12(6-10)20-14(22)8-24-16-11-7-19-21(2)15(11)17-9-18-16/h4-7,9H,8H2,1-3H3,(H,20,22). The number of aryl methyl sites for hydroxylation is 2. The zero-order valence-electron chi connectivity index (χ0n) is 13.6. The van der Waals surface area contributed by atoms with Crippen LogP contribution in [0.4, 0.5) is 5.69 Å². The molecule has 3 aromatic rings. The van der Waals surface area contributed by atoms with Gasteiger partial charge in [-0.25, -0.2) is 9.97 Å². The number of anilines is 1. The van der Waals surface area contributed by atoms with Crippen LogP contribution in [0.2, 0.25) is 0 Å². The Bertz CT molecular complexity index is 893. The average Bonchev–Trinajstić information content (AvgIpc) is 2.95. The summed E-state index contributed by atoms with van der Waals surface area (Å²) in [4.78, 5) is 20.7. The van der Waals surface area contributed by atoms with E-state index in [4.69, 9.17) is 4.74 Å². The highest BCUT2D eigenvalue weighted by Gasteiger charge is 2.12. The summed E-state index contributed by atoms with van der Waals surface area (Å²) in [5.41, 5.74) is 2.46. The number of aromatic nitrogens is 4. The van der Waals surface area contributed by atoms with Crippen molar-refractivity contribution in [2.24, 2.45) is 7.05 Å². The van der Waals surface area contributed by atoms with E-state index in [-0.39, 0.29) is 11.7 Å². The summed E-state index contributed by atoms with van der Waals surface area (Å²) < 4.78 is 6.95. The molecule has 0 saturated carbocycles. The molecule has 8 heteroatoms. The highest BCUT2D eigenvalue weighted by molar-refractivity contribution is 8.00. The fourth-order valence-corrected chi connectivity index (χ4v) is 3.06. The summed E-state index contributed by atoms with van der Waals surface area (Å²) in [6, 6.07) is 5.65. The second-order valence-electron chi connectivity index (χ2n) is 5.22. The van der Waals surface area contributed by atoms with Crippen molar-refractivity contribution in [1.29, 1.82) is 0 Å². The number of ether oxygens (including phenoxy) is 1. The van der Waals surface area contributed by atoms with Crippen molar-refractivity contribution < 1.29 is 9.53 Å². The van der Waals surface area contributed by atoms with Gasteiger partial charge in [-0.1, -0.05) is 17.8 Å². The molecule has 1 amide bonds. The Labute approximate surface area is 143 Å². The molecule has 0 aliphatic heterocycles. The lowest BCUT2D eigenvalue weighted by atomic mass is 10.2. The van der Waals surface area contributed by atoms with Crippen molar-refractivity contribution in [3.8, 4) is 5.75 Å². The number of carbonyl (C=O) groups excluding carboxylic acids is 1. The van der Waals surface area contributed by atoms with Gasteiger partial charge in [-0.2, -0.15) is 5.10 Å². The minimum absolute atomic E-state index is 0.125. The minimum atomic E-state index is -0.125. The molecule has 2 heterocycles. The molecule has 0 spiro atoms. The molecule has 0 atom stereocenters. The molecule has 0 aliphatic rings. The second-order valence-corrected chi connectivity index (χ2v) is 6.19. The Morgan fingerprint density at radius 2 is 2.21 bits per heavy atom. The van der Waals surface area contributed by atoms with Gasteiger partial charge in [0.25, 0.3) is 0 Å². The maximum Gasteiger partial charge on any atom is 0.234 e. The van der Waals surface area contributed by atoms with Crippen LogP contribution in [0.5, 0.6) is 5.75 Å². The lowest BCUT2D eigenvalue weighted by molar-refractivity contribution is -0.113. The third-order valence-corrected chi connectivity index (χ3v) is 4.47. The Morgan fingerprint density at radius 3 is 3.00 bits per heavy atom. The van der Waals surface area contributed by atoms with E-state index in [1.807, 2.05) is 32.2 Å². The summed E-state index contributed by atoms with van der Waals surface area (Å²) in [7, 11) is 3.40. The molecule has 24 heavy (non-hydrogen) atoms. The second kappa shape index (κ2) is 6.88. The smallest absolute Gasteiger partial charge is 0.234 e. The van der Waals surface area contributed by atoms with Crippen molar-refractivity contribution in [3.05, 3.63) is 36.3 Å². The van der Waals surface area contributed by atoms with Gasteiger partial charge in [0.15, 0.2) is 5.65 Å². The van der Waals surface area contributed by atoms with Crippen LogP contribution in [0.3, 0.4) is 0 Å². The number of benzene rings is 1. The van der Waals surface area contributed by atoms with Crippen LogP contribution in [0, 0.1) is 6.92 Å². The van der Waals surface area contributed by atoms with Crippen molar-refractivity contribution in [2.45, 2.75) is 11.9 Å². The van der Waals surface area contributed by atoms with Crippen LogP contribution < -0.4 is 10.1 Å². The molecule has 124 valence electrons. The van der Waals surface area contributed by atoms with E-state index in [0.29, 0.717) is 11.4 Å². The minimum Gasteiger partial charge on any atom is -0.495 e. The normalized spacial score (nSPS) is 10.8. The van der Waals surface area contributed by atoms with Crippen LogP contribution in [0.25, 0.3) is 11.0 Å². The first-order chi connectivity index (χ1) is 11.6. The molecule has 1 aromatic carbocycles. The Balaban J connectivity index is 1.70. The lowest BCUT2D eigenvalue weighted by Gasteiger charge is -2.10. The number of hydrogen-bond donors (Lipinski definition) is 1. The summed E-state index contributed by atoms with van der Waals surface area (Å²) in [6.45, 7) is 1.96. The number of nitrogens with one attached hydrogen (secondary N) is 1. The molecule has 0 fully saturated rings. The third kappa shape index (κ3) is 3.33. The molecular weight excluding hydrogens is 326 g/mol. The Hall–Kier alpha value is -2.61. The van der Waals surface area contributed by atoms with Gasteiger partial charge >= 0.3 is 0 Å². The first kappa shape index (κ1) is 16.3. The Morgan fingerprint density at radius 1 is 1.38 bits per heavy atom. The van der Waals surface area contributed by atoms with Gasteiger partial charge < -0.3 is 10.1 Å². The fourth-order valence-electron chi connectivity index (χ4n) is 2.30. The van der Waals surface area contributed by atoms with E-state index in [1.54, 1.807) is 18.0 Å². The van der Waals surface area contributed by atoms with Crippen LogP contribution in [0.15, 0.2) is 35.7 Å². The first-order valence-corrected chi connectivity index (χ1v) is 8.27. The van der Waals surface area contributed by atoms with Gasteiger partial charge in [-0.3, -0.25) is 9.48 Å². The Kier molecular flexibility index (Phi) is 4.66. The predicted molar refractivity (Wildman–Crippen MR) is 93.4 cm³/mol. The quantitative estimate of drug-likeness (QED) is 0.566. The molecule has 7 nitrogen and oxygen atoms in total. The number of amides is 1. The van der Waals surface area contributed by atoms with Gasteiger partial charge in [0.1, 0.15) is 17.1 Å².